The first-order valence-electron chi connectivity index (χ1n) is 4.74. The van der Waals surface area contributed by atoms with Gasteiger partial charge in [-0.1, -0.05) is 13.0 Å². The zero-order valence-electron chi connectivity index (χ0n) is 8.51. The molecule has 82 valence electrons. The number of nitrogens with zero attached hydrogens (tertiary/aromatic N) is 1. The monoisotopic (exact) mass is 226 g/mol. The van der Waals surface area contributed by atoms with Gasteiger partial charge in [0.05, 0.1) is 5.03 Å². The Balaban J connectivity index is 2.43. The van der Waals surface area contributed by atoms with Crippen LogP contribution in [0.5, 0.6) is 0 Å². The first-order valence-corrected chi connectivity index (χ1v) is 5.72. The van der Waals surface area contributed by atoms with Gasteiger partial charge in [-0.05, 0) is 18.7 Å². The molecule has 0 radical (unpaired) electrons. The second-order valence-electron chi connectivity index (χ2n) is 2.93. The number of rotatable bonds is 6. The van der Waals surface area contributed by atoms with Crippen LogP contribution in [0, 0.1) is 0 Å². The Kier molecular flexibility index (Phi) is 5.14. The highest BCUT2D eigenvalue weighted by atomic mass is 32.2. The number of hydrogen-bond donors (Lipinski definition) is 2. The molecule has 15 heavy (non-hydrogen) atoms. The molecule has 0 unspecified atom stereocenters. The summed E-state index contributed by atoms with van der Waals surface area (Å²) in [6.45, 7) is 2.54. The quantitative estimate of drug-likeness (QED) is 0.714. The first kappa shape index (κ1) is 12.0. The third kappa shape index (κ3) is 4.31. The average molecular weight is 226 g/mol. The molecule has 4 nitrogen and oxygen atoms in total. The van der Waals surface area contributed by atoms with Crippen molar-refractivity contribution in [2.45, 2.75) is 18.0 Å². The number of carboxylic acid groups (broad SMARTS) is 1. The highest BCUT2D eigenvalue weighted by Crippen LogP contribution is 2.14. The SMILES string of the molecule is CCN[C@@H](CSc1ccccn1)C(=O)O. The predicted molar refractivity (Wildman–Crippen MR) is 60.1 cm³/mol. The normalized spacial score (nSPS) is 12.3. The van der Waals surface area contributed by atoms with Crippen molar-refractivity contribution in [2.75, 3.05) is 12.3 Å². The average Bonchev–Trinajstić information content (AvgIpc) is 2.25. The van der Waals surface area contributed by atoms with Gasteiger partial charge in [0.15, 0.2) is 0 Å². The Morgan fingerprint density at radius 2 is 2.47 bits per heavy atom. The fourth-order valence-electron chi connectivity index (χ4n) is 1.07. The summed E-state index contributed by atoms with van der Waals surface area (Å²) in [4.78, 5) is 14.9. The van der Waals surface area contributed by atoms with E-state index in [1.54, 1.807) is 6.20 Å². The highest BCUT2D eigenvalue weighted by Gasteiger charge is 2.15. The largest absolute Gasteiger partial charge is 0.480 e. The Morgan fingerprint density at radius 1 is 1.67 bits per heavy atom. The molecule has 0 bridgehead atoms. The third-order valence-electron chi connectivity index (χ3n) is 1.78. The van der Waals surface area contributed by atoms with E-state index >= 15 is 0 Å². The molecule has 0 fully saturated rings. The second kappa shape index (κ2) is 6.42. The van der Waals surface area contributed by atoms with Crippen LogP contribution in [0.2, 0.25) is 0 Å². The zero-order valence-corrected chi connectivity index (χ0v) is 9.33. The van der Waals surface area contributed by atoms with Crippen LogP contribution in [0.4, 0.5) is 0 Å². The number of aromatic nitrogens is 1. The van der Waals surface area contributed by atoms with Crippen molar-refractivity contribution in [3.05, 3.63) is 24.4 Å². The molecule has 0 aromatic carbocycles. The Hall–Kier alpha value is -1.07. The summed E-state index contributed by atoms with van der Waals surface area (Å²) < 4.78 is 0. The van der Waals surface area contributed by atoms with Gasteiger partial charge >= 0.3 is 5.97 Å². The third-order valence-corrected chi connectivity index (χ3v) is 2.82. The Morgan fingerprint density at radius 3 is 3.00 bits per heavy atom. The van der Waals surface area contributed by atoms with Gasteiger partial charge in [-0.15, -0.1) is 11.8 Å². The maximum absolute atomic E-state index is 10.8. The van der Waals surface area contributed by atoms with Crippen molar-refractivity contribution in [2.24, 2.45) is 0 Å². The van der Waals surface area contributed by atoms with Crippen LogP contribution < -0.4 is 5.32 Å². The lowest BCUT2D eigenvalue weighted by atomic mass is 10.3. The Labute approximate surface area is 93.1 Å². The number of pyridine rings is 1. The van der Waals surface area contributed by atoms with E-state index in [1.165, 1.54) is 11.8 Å². The minimum Gasteiger partial charge on any atom is -0.480 e. The fraction of sp³-hybridized carbons (Fsp3) is 0.400. The number of nitrogens with one attached hydrogen (secondary N) is 1. The summed E-state index contributed by atoms with van der Waals surface area (Å²) in [5, 5.41) is 12.6. The number of aliphatic carboxylic acids is 1. The number of likely N-dealkylation sites (N-methyl/N-ethyl adjacent to an activating group) is 1. The summed E-state index contributed by atoms with van der Waals surface area (Å²) in [7, 11) is 0. The van der Waals surface area contributed by atoms with Crippen molar-refractivity contribution in [3.8, 4) is 0 Å². The van der Waals surface area contributed by atoms with Gasteiger partial charge in [0.25, 0.3) is 0 Å². The van der Waals surface area contributed by atoms with Crippen molar-refractivity contribution >= 4 is 17.7 Å². The molecule has 0 saturated carbocycles. The number of carboxylic acids is 1. The van der Waals surface area contributed by atoms with Gasteiger partial charge in [0.1, 0.15) is 6.04 Å². The van der Waals surface area contributed by atoms with E-state index in [2.05, 4.69) is 10.3 Å². The van der Waals surface area contributed by atoms with Crippen LogP contribution in [0.25, 0.3) is 0 Å². The van der Waals surface area contributed by atoms with Gasteiger partial charge in [0, 0.05) is 11.9 Å². The standard InChI is InChI=1S/C10H14N2O2S/c1-2-11-8(10(13)14)7-15-9-5-3-4-6-12-9/h3-6,8,11H,2,7H2,1H3,(H,13,14)/t8-/m0/s1. The molecular weight excluding hydrogens is 212 g/mol. The molecule has 0 saturated heterocycles. The van der Waals surface area contributed by atoms with Crippen molar-refractivity contribution < 1.29 is 9.90 Å². The molecule has 1 atom stereocenters. The lowest BCUT2D eigenvalue weighted by Crippen LogP contribution is -2.38. The number of hydrogen-bond acceptors (Lipinski definition) is 4. The molecule has 5 heteroatoms. The summed E-state index contributed by atoms with van der Waals surface area (Å²) >= 11 is 1.44. The van der Waals surface area contributed by atoms with Gasteiger partial charge in [-0.2, -0.15) is 0 Å². The number of carbonyl (C=O) groups is 1. The van der Waals surface area contributed by atoms with E-state index in [9.17, 15) is 4.79 Å². The molecule has 2 N–H and O–H groups in total. The molecular formula is C10H14N2O2S. The molecule has 0 aliphatic heterocycles. The highest BCUT2D eigenvalue weighted by molar-refractivity contribution is 7.99. The van der Waals surface area contributed by atoms with Crippen LogP contribution in [0.3, 0.4) is 0 Å². The van der Waals surface area contributed by atoms with E-state index in [0.29, 0.717) is 12.3 Å². The van der Waals surface area contributed by atoms with Gasteiger partial charge in [-0.25, -0.2) is 4.98 Å². The first-order chi connectivity index (χ1) is 7.24. The summed E-state index contributed by atoms with van der Waals surface area (Å²) in [6, 6.07) is 5.08. The molecule has 0 aliphatic rings. The molecule has 1 heterocycles. The zero-order chi connectivity index (χ0) is 11.1. The van der Waals surface area contributed by atoms with Crippen LogP contribution in [-0.2, 0) is 4.79 Å². The van der Waals surface area contributed by atoms with Gasteiger partial charge in [-0.3, -0.25) is 4.79 Å². The summed E-state index contributed by atoms with van der Waals surface area (Å²) in [5.41, 5.74) is 0. The number of thioether (sulfide) groups is 1. The summed E-state index contributed by atoms with van der Waals surface area (Å²) in [6.07, 6.45) is 1.70. The maximum atomic E-state index is 10.8. The predicted octanol–water partition coefficient (Wildman–Crippen LogP) is 1.24. The van der Waals surface area contributed by atoms with Gasteiger partial charge < -0.3 is 10.4 Å². The van der Waals surface area contributed by atoms with Crippen molar-refractivity contribution in [3.63, 3.8) is 0 Å². The molecule has 1 aromatic heterocycles. The topological polar surface area (TPSA) is 62.2 Å². The minimum atomic E-state index is -0.819. The van der Waals surface area contributed by atoms with Gasteiger partial charge in [0.2, 0.25) is 0 Å². The van der Waals surface area contributed by atoms with E-state index < -0.39 is 12.0 Å². The Bertz CT molecular complexity index is 306. The van der Waals surface area contributed by atoms with E-state index in [4.69, 9.17) is 5.11 Å². The van der Waals surface area contributed by atoms with E-state index in [1.807, 2.05) is 25.1 Å². The lowest BCUT2D eigenvalue weighted by Gasteiger charge is -2.11. The minimum absolute atomic E-state index is 0.486. The lowest BCUT2D eigenvalue weighted by molar-refractivity contribution is -0.138. The van der Waals surface area contributed by atoms with Crippen LogP contribution in [0.1, 0.15) is 6.92 Å². The van der Waals surface area contributed by atoms with Crippen LogP contribution in [0.15, 0.2) is 29.4 Å². The van der Waals surface area contributed by atoms with Crippen LogP contribution >= 0.6 is 11.8 Å². The van der Waals surface area contributed by atoms with Crippen LogP contribution in [-0.4, -0.2) is 34.4 Å². The molecule has 1 rings (SSSR count). The maximum Gasteiger partial charge on any atom is 0.321 e. The van der Waals surface area contributed by atoms with Crippen molar-refractivity contribution in [1.29, 1.82) is 0 Å². The second-order valence-corrected chi connectivity index (χ2v) is 3.97. The summed E-state index contributed by atoms with van der Waals surface area (Å²) in [5.74, 6) is -0.333. The van der Waals surface area contributed by atoms with E-state index in [-0.39, 0.29) is 0 Å². The molecule has 1 aromatic rings. The molecule has 0 aliphatic carbocycles. The fourth-order valence-corrected chi connectivity index (χ4v) is 1.97. The molecule has 0 spiro atoms. The van der Waals surface area contributed by atoms with E-state index in [0.717, 1.165) is 5.03 Å². The van der Waals surface area contributed by atoms with Crippen molar-refractivity contribution in [1.82, 2.24) is 10.3 Å². The smallest absolute Gasteiger partial charge is 0.321 e. The molecule has 0 amide bonds.